The van der Waals surface area contributed by atoms with E-state index in [9.17, 15) is 5.11 Å². The normalized spacial score (nSPS) is 12.4. The molecule has 0 aromatic heterocycles. The van der Waals surface area contributed by atoms with Gasteiger partial charge in [0, 0.05) is 13.1 Å². The van der Waals surface area contributed by atoms with Gasteiger partial charge in [0.1, 0.15) is 11.5 Å². The molecule has 1 unspecified atom stereocenters. The zero-order chi connectivity index (χ0) is 14.6. The van der Waals surface area contributed by atoms with Gasteiger partial charge in [-0.2, -0.15) is 0 Å². The van der Waals surface area contributed by atoms with Crippen LogP contribution in [0.1, 0.15) is 19.4 Å². The predicted molar refractivity (Wildman–Crippen MR) is 78.4 cm³/mol. The summed E-state index contributed by atoms with van der Waals surface area (Å²) in [5, 5.41) is 9.58. The summed E-state index contributed by atoms with van der Waals surface area (Å²) in [5.74, 6) is 1.89. The average Bonchev–Trinajstić information content (AvgIpc) is 2.37. The van der Waals surface area contributed by atoms with Crippen molar-refractivity contribution in [2.45, 2.75) is 26.8 Å². The number of benzene rings is 1. The molecule has 0 spiro atoms. The molecule has 0 aliphatic carbocycles. The molecule has 0 aliphatic rings. The summed E-state index contributed by atoms with van der Waals surface area (Å²) in [5.41, 5.74) is 2.06. The Morgan fingerprint density at radius 1 is 1.21 bits per heavy atom. The molecular formula is C15H25NO3. The van der Waals surface area contributed by atoms with Crippen LogP contribution in [-0.4, -0.2) is 39.0 Å². The summed E-state index contributed by atoms with van der Waals surface area (Å²) < 4.78 is 10.7. The smallest absolute Gasteiger partial charge is 0.146 e. The lowest BCUT2D eigenvalue weighted by Gasteiger charge is -2.33. The minimum Gasteiger partial charge on any atom is -0.497 e. The van der Waals surface area contributed by atoms with E-state index < -0.39 is 0 Å². The second-order valence-corrected chi connectivity index (χ2v) is 5.10. The van der Waals surface area contributed by atoms with Crippen LogP contribution in [0.15, 0.2) is 12.1 Å². The third kappa shape index (κ3) is 3.32. The molecule has 108 valence electrons. The number of anilines is 1. The monoisotopic (exact) mass is 267 g/mol. The molecule has 1 atom stereocenters. The summed E-state index contributed by atoms with van der Waals surface area (Å²) in [6, 6.07) is 3.90. The highest BCUT2D eigenvalue weighted by Gasteiger charge is 2.22. The van der Waals surface area contributed by atoms with Gasteiger partial charge in [-0.15, -0.1) is 0 Å². The quantitative estimate of drug-likeness (QED) is 0.859. The number of nitrogens with zero attached hydrogens (tertiary/aromatic N) is 1. The van der Waals surface area contributed by atoms with E-state index in [2.05, 4.69) is 18.7 Å². The molecule has 0 heterocycles. The molecule has 0 fully saturated rings. The minimum absolute atomic E-state index is 0.0565. The van der Waals surface area contributed by atoms with Crippen molar-refractivity contribution in [3.63, 3.8) is 0 Å². The molecular weight excluding hydrogens is 242 g/mol. The number of rotatable bonds is 6. The summed E-state index contributed by atoms with van der Waals surface area (Å²) in [4.78, 5) is 2.08. The Hall–Kier alpha value is -1.42. The SMILES string of the molecule is COc1cc(C)c(N(C)C(CO)C(C)C)c(OC)c1. The Kier molecular flexibility index (Phi) is 5.48. The lowest BCUT2D eigenvalue weighted by molar-refractivity contribution is 0.233. The van der Waals surface area contributed by atoms with Crippen LogP contribution in [0.5, 0.6) is 11.5 Å². The molecule has 0 aliphatic heterocycles. The summed E-state index contributed by atoms with van der Waals surface area (Å²) in [6.07, 6.45) is 0. The second-order valence-electron chi connectivity index (χ2n) is 5.10. The first-order chi connectivity index (χ1) is 8.96. The van der Waals surface area contributed by atoms with Gasteiger partial charge < -0.3 is 19.5 Å². The molecule has 0 saturated heterocycles. The summed E-state index contributed by atoms with van der Waals surface area (Å²) >= 11 is 0. The van der Waals surface area contributed by atoms with Gasteiger partial charge in [0.15, 0.2) is 0 Å². The van der Waals surface area contributed by atoms with Crippen LogP contribution >= 0.6 is 0 Å². The van der Waals surface area contributed by atoms with Crippen molar-refractivity contribution in [2.24, 2.45) is 5.92 Å². The van der Waals surface area contributed by atoms with E-state index in [0.29, 0.717) is 5.92 Å². The van der Waals surface area contributed by atoms with E-state index in [1.54, 1.807) is 14.2 Å². The number of aliphatic hydroxyl groups is 1. The molecule has 0 radical (unpaired) electrons. The Labute approximate surface area is 115 Å². The lowest BCUT2D eigenvalue weighted by atomic mass is 10.0. The van der Waals surface area contributed by atoms with Gasteiger partial charge in [-0.05, 0) is 24.5 Å². The van der Waals surface area contributed by atoms with E-state index >= 15 is 0 Å². The molecule has 1 rings (SSSR count). The Bertz CT molecular complexity index is 418. The standard InChI is InChI=1S/C15H25NO3/c1-10(2)13(9-17)16(4)15-11(3)7-12(18-5)8-14(15)19-6/h7-8,10,13,17H,9H2,1-6H3. The lowest BCUT2D eigenvalue weighted by Crippen LogP contribution is -2.39. The molecule has 0 saturated carbocycles. The van der Waals surface area contributed by atoms with Crippen molar-refractivity contribution < 1.29 is 14.6 Å². The number of methoxy groups -OCH3 is 2. The van der Waals surface area contributed by atoms with E-state index in [-0.39, 0.29) is 12.6 Å². The van der Waals surface area contributed by atoms with Crippen LogP contribution in [0.4, 0.5) is 5.69 Å². The van der Waals surface area contributed by atoms with Gasteiger partial charge in [-0.3, -0.25) is 0 Å². The highest BCUT2D eigenvalue weighted by Crippen LogP contribution is 2.37. The molecule has 1 N–H and O–H groups in total. The molecule has 1 aromatic rings. The van der Waals surface area contributed by atoms with Crippen LogP contribution in [-0.2, 0) is 0 Å². The van der Waals surface area contributed by atoms with Gasteiger partial charge in [-0.1, -0.05) is 13.8 Å². The highest BCUT2D eigenvalue weighted by molar-refractivity contribution is 5.66. The number of aliphatic hydroxyl groups excluding tert-OH is 1. The van der Waals surface area contributed by atoms with E-state index in [4.69, 9.17) is 9.47 Å². The van der Waals surface area contributed by atoms with Gasteiger partial charge >= 0.3 is 0 Å². The second kappa shape index (κ2) is 6.66. The fourth-order valence-electron chi connectivity index (χ4n) is 2.39. The molecule has 4 nitrogen and oxygen atoms in total. The van der Waals surface area contributed by atoms with Crippen LogP contribution in [0.25, 0.3) is 0 Å². The zero-order valence-electron chi connectivity index (χ0n) is 12.7. The highest BCUT2D eigenvalue weighted by atomic mass is 16.5. The summed E-state index contributed by atoms with van der Waals surface area (Å²) in [6.45, 7) is 6.33. The van der Waals surface area contributed by atoms with Gasteiger partial charge in [0.25, 0.3) is 0 Å². The maximum atomic E-state index is 9.58. The van der Waals surface area contributed by atoms with E-state index in [1.807, 2.05) is 26.1 Å². The van der Waals surface area contributed by atoms with Crippen molar-refractivity contribution >= 4 is 5.69 Å². The fraction of sp³-hybridized carbons (Fsp3) is 0.600. The number of aryl methyl sites for hydroxylation is 1. The van der Waals surface area contributed by atoms with Gasteiger partial charge in [0.2, 0.25) is 0 Å². The van der Waals surface area contributed by atoms with E-state index in [1.165, 1.54) is 0 Å². The minimum atomic E-state index is 0.0565. The fourth-order valence-corrected chi connectivity index (χ4v) is 2.39. The largest absolute Gasteiger partial charge is 0.497 e. The predicted octanol–water partition coefficient (Wildman–Crippen LogP) is 2.47. The molecule has 1 aromatic carbocycles. The maximum absolute atomic E-state index is 9.58. The molecule has 0 bridgehead atoms. The van der Waals surface area contributed by atoms with Crippen molar-refractivity contribution in [1.82, 2.24) is 0 Å². The Balaban J connectivity index is 3.24. The first kappa shape index (κ1) is 15.6. The van der Waals surface area contributed by atoms with Gasteiger partial charge in [-0.25, -0.2) is 0 Å². The number of likely N-dealkylation sites (N-methyl/N-ethyl adjacent to an activating group) is 1. The van der Waals surface area contributed by atoms with Crippen molar-refractivity contribution in [3.05, 3.63) is 17.7 Å². The first-order valence-electron chi connectivity index (χ1n) is 6.52. The average molecular weight is 267 g/mol. The topological polar surface area (TPSA) is 41.9 Å². The molecule has 19 heavy (non-hydrogen) atoms. The van der Waals surface area contributed by atoms with E-state index in [0.717, 1.165) is 22.7 Å². The Morgan fingerprint density at radius 2 is 1.84 bits per heavy atom. The Morgan fingerprint density at radius 3 is 2.26 bits per heavy atom. The van der Waals surface area contributed by atoms with Crippen LogP contribution in [0.2, 0.25) is 0 Å². The van der Waals surface area contributed by atoms with Crippen molar-refractivity contribution in [3.8, 4) is 11.5 Å². The first-order valence-corrected chi connectivity index (χ1v) is 6.52. The zero-order valence-corrected chi connectivity index (χ0v) is 12.7. The maximum Gasteiger partial charge on any atom is 0.146 e. The number of ether oxygens (including phenoxy) is 2. The van der Waals surface area contributed by atoms with Crippen LogP contribution in [0.3, 0.4) is 0 Å². The van der Waals surface area contributed by atoms with Gasteiger partial charge in [0.05, 0.1) is 32.6 Å². The van der Waals surface area contributed by atoms with Crippen molar-refractivity contribution in [1.29, 1.82) is 0 Å². The third-order valence-electron chi connectivity index (χ3n) is 3.50. The number of hydrogen-bond donors (Lipinski definition) is 1. The molecule has 4 heteroatoms. The summed E-state index contributed by atoms with van der Waals surface area (Å²) in [7, 11) is 5.27. The number of hydrogen-bond acceptors (Lipinski definition) is 4. The van der Waals surface area contributed by atoms with Crippen LogP contribution in [0, 0.1) is 12.8 Å². The third-order valence-corrected chi connectivity index (χ3v) is 3.50. The van der Waals surface area contributed by atoms with Crippen molar-refractivity contribution in [2.75, 3.05) is 32.8 Å². The van der Waals surface area contributed by atoms with Crippen LogP contribution < -0.4 is 14.4 Å². The molecule has 0 amide bonds.